The van der Waals surface area contributed by atoms with Gasteiger partial charge in [0.05, 0.1) is 18.5 Å². The summed E-state index contributed by atoms with van der Waals surface area (Å²) in [4.78, 5) is 4.37. The lowest BCUT2D eigenvalue weighted by molar-refractivity contribution is -0.0842. The monoisotopic (exact) mass is 249 g/mol. The second-order valence-electron chi connectivity index (χ2n) is 6.13. The van der Waals surface area contributed by atoms with Gasteiger partial charge in [-0.1, -0.05) is 6.92 Å². The highest BCUT2D eigenvalue weighted by molar-refractivity contribution is 5.18. The van der Waals surface area contributed by atoms with Gasteiger partial charge < -0.3 is 14.6 Å². The highest BCUT2D eigenvalue weighted by Gasteiger charge is 2.40. The molecule has 2 fully saturated rings. The van der Waals surface area contributed by atoms with Crippen molar-refractivity contribution in [3.63, 3.8) is 0 Å². The fourth-order valence-corrected chi connectivity index (χ4v) is 3.29. The van der Waals surface area contributed by atoms with E-state index < -0.39 is 0 Å². The van der Waals surface area contributed by atoms with Crippen molar-refractivity contribution in [1.29, 1.82) is 0 Å². The summed E-state index contributed by atoms with van der Waals surface area (Å²) >= 11 is 0. The Kier molecular flexibility index (Phi) is 2.94. The first-order chi connectivity index (χ1) is 8.68. The average Bonchev–Trinajstić information content (AvgIpc) is 2.93. The number of rotatable bonds is 4. The van der Waals surface area contributed by atoms with Crippen molar-refractivity contribution in [2.24, 2.45) is 0 Å². The maximum Gasteiger partial charge on any atom is 0.0949 e. The van der Waals surface area contributed by atoms with Crippen LogP contribution in [-0.4, -0.2) is 35.4 Å². The number of methoxy groups -OCH3 is 1. The first-order valence-electron chi connectivity index (χ1n) is 6.94. The summed E-state index contributed by atoms with van der Waals surface area (Å²) in [5.74, 6) is 0. The van der Waals surface area contributed by atoms with E-state index in [-0.39, 0.29) is 11.0 Å². The topological polar surface area (TPSA) is 39.1 Å². The van der Waals surface area contributed by atoms with Gasteiger partial charge in [0.2, 0.25) is 0 Å². The van der Waals surface area contributed by atoms with E-state index in [0.717, 1.165) is 19.6 Å². The van der Waals surface area contributed by atoms with E-state index in [2.05, 4.69) is 21.8 Å². The van der Waals surface area contributed by atoms with Crippen LogP contribution in [0.25, 0.3) is 0 Å². The molecule has 0 bridgehead atoms. The zero-order valence-electron chi connectivity index (χ0n) is 11.4. The van der Waals surface area contributed by atoms with E-state index in [0.29, 0.717) is 0 Å². The molecule has 18 heavy (non-hydrogen) atoms. The highest BCUT2D eigenvalue weighted by Crippen LogP contribution is 2.38. The normalized spacial score (nSPS) is 30.3. The van der Waals surface area contributed by atoms with Gasteiger partial charge in [0.25, 0.3) is 0 Å². The van der Waals surface area contributed by atoms with Crippen LogP contribution in [0.5, 0.6) is 0 Å². The Labute approximate surface area is 109 Å². The minimum absolute atomic E-state index is 0.0673. The van der Waals surface area contributed by atoms with Crippen LogP contribution >= 0.6 is 0 Å². The van der Waals surface area contributed by atoms with Gasteiger partial charge in [0.1, 0.15) is 0 Å². The number of aromatic nitrogens is 2. The predicted molar refractivity (Wildman–Crippen MR) is 70.7 cm³/mol. The molecule has 4 heteroatoms. The van der Waals surface area contributed by atoms with Crippen molar-refractivity contribution < 1.29 is 4.74 Å². The molecule has 1 N–H and O–H groups in total. The molecule has 1 aliphatic carbocycles. The Balaban J connectivity index is 1.83. The second-order valence-corrected chi connectivity index (χ2v) is 6.13. The molecule has 1 saturated carbocycles. The quantitative estimate of drug-likeness (QED) is 0.883. The number of hydrogen-bond acceptors (Lipinski definition) is 3. The van der Waals surface area contributed by atoms with Gasteiger partial charge in [-0.2, -0.15) is 0 Å². The van der Waals surface area contributed by atoms with Gasteiger partial charge in [-0.05, 0) is 32.2 Å². The SMILES string of the molecule is COC1(Cn2cncc2C2(C)CCNC2)CCC1. The molecule has 1 unspecified atom stereocenters. The summed E-state index contributed by atoms with van der Waals surface area (Å²) in [6.07, 6.45) is 8.84. The first kappa shape index (κ1) is 12.2. The summed E-state index contributed by atoms with van der Waals surface area (Å²) in [6.45, 7) is 5.45. The number of imidazole rings is 1. The van der Waals surface area contributed by atoms with E-state index in [1.807, 2.05) is 19.6 Å². The minimum Gasteiger partial charge on any atom is -0.376 e. The largest absolute Gasteiger partial charge is 0.376 e. The van der Waals surface area contributed by atoms with Crippen molar-refractivity contribution in [2.75, 3.05) is 20.2 Å². The fourth-order valence-electron chi connectivity index (χ4n) is 3.29. The molecule has 0 aromatic carbocycles. The molecule has 2 heterocycles. The molecular formula is C14H23N3O. The lowest BCUT2D eigenvalue weighted by Crippen LogP contribution is -2.44. The summed E-state index contributed by atoms with van der Waals surface area (Å²) in [6, 6.07) is 0. The standard InChI is InChI=1S/C14H23N3O/c1-13(6-7-15-9-13)12-8-16-11-17(12)10-14(18-2)4-3-5-14/h8,11,15H,3-7,9-10H2,1-2H3. The fraction of sp³-hybridized carbons (Fsp3) is 0.786. The lowest BCUT2D eigenvalue weighted by atomic mass is 9.79. The van der Waals surface area contributed by atoms with E-state index in [4.69, 9.17) is 4.74 Å². The number of hydrogen-bond donors (Lipinski definition) is 1. The zero-order chi connectivity index (χ0) is 12.6. The molecule has 0 spiro atoms. The Bertz CT molecular complexity index is 411. The molecule has 1 aromatic heterocycles. The number of nitrogens with zero attached hydrogens (tertiary/aromatic N) is 2. The smallest absolute Gasteiger partial charge is 0.0949 e. The van der Waals surface area contributed by atoms with Gasteiger partial charge in [0, 0.05) is 31.0 Å². The molecule has 3 rings (SSSR count). The van der Waals surface area contributed by atoms with Crippen LogP contribution in [0.4, 0.5) is 0 Å². The Morgan fingerprint density at radius 1 is 1.44 bits per heavy atom. The van der Waals surface area contributed by atoms with Crippen LogP contribution in [0.3, 0.4) is 0 Å². The van der Waals surface area contributed by atoms with Crippen molar-refractivity contribution in [3.8, 4) is 0 Å². The van der Waals surface area contributed by atoms with Crippen LogP contribution in [0.2, 0.25) is 0 Å². The molecule has 1 aromatic rings. The Morgan fingerprint density at radius 2 is 2.28 bits per heavy atom. The Morgan fingerprint density at radius 3 is 2.83 bits per heavy atom. The van der Waals surface area contributed by atoms with Crippen LogP contribution in [-0.2, 0) is 16.7 Å². The molecule has 0 amide bonds. The maximum atomic E-state index is 5.73. The highest BCUT2D eigenvalue weighted by atomic mass is 16.5. The third-order valence-corrected chi connectivity index (χ3v) is 4.86. The molecular weight excluding hydrogens is 226 g/mol. The molecule has 1 saturated heterocycles. The van der Waals surface area contributed by atoms with Gasteiger partial charge in [-0.15, -0.1) is 0 Å². The minimum atomic E-state index is 0.0673. The van der Waals surface area contributed by atoms with Gasteiger partial charge in [0.15, 0.2) is 0 Å². The third-order valence-electron chi connectivity index (χ3n) is 4.86. The molecule has 1 aliphatic heterocycles. The van der Waals surface area contributed by atoms with Crippen molar-refractivity contribution in [1.82, 2.24) is 14.9 Å². The third kappa shape index (κ3) is 1.88. The average molecular weight is 249 g/mol. The summed E-state index contributed by atoms with van der Waals surface area (Å²) < 4.78 is 8.05. The van der Waals surface area contributed by atoms with E-state index in [1.54, 1.807) is 0 Å². The predicted octanol–water partition coefficient (Wildman–Crippen LogP) is 1.70. The van der Waals surface area contributed by atoms with E-state index >= 15 is 0 Å². The van der Waals surface area contributed by atoms with Gasteiger partial charge >= 0.3 is 0 Å². The maximum absolute atomic E-state index is 5.73. The zero-order valence-corrected chi connectivity index (χ0v) is 11.4. The molecule has 4 nitrogen and oxygen atoms in total. The Hall–Kier alpha value is -0.870. The van der Waals surface area contributed by atoms with Gasteiger partial charge in [-0.25, -0.2) is 4.98 Å². The van der Waals surface area contributed by atoms with Crippen LogP contribution in [0.1, 0.15) is 38.3 Å². The van der Waals surface area contributed by atoms with Crippen LogP contribution in [0, 0.1) is 0 Å². The molecule has 1 atom stereocenters. The number of ether oxygens (including phenoxy) is 1. The van der Waals surface area contributed by atoms with E-state index in [1.165, 1.54) is 31.4 Å². The van der Waals surface area contributed by atoms with Crippen LogP contribution in [0.15, 0.2) is 12.5 Å². The van der Waals surface area contributed by atoms with Crippen LogP contribution < -0.4 is 5.32 Å². The molecule has 100 valence electrons. The number of nitrogens with one attached hydrogen (secondary N) is 1. The second kappa shape index (κ2) is 4.35. The van der Waals surface area contributed by atoms with Crippen molar-refractivity contribution in [2.45, 2.75) is 50.2 Å². The first-order valence-corrected chi connectivity index (χ1v) is 6.94. The lowest BCUT2D eigenvalue weighted by Gasteiger charge is -2.41. The van der Waals surface area contributed by atoms with Gasteiger partial charge in [-0.3, -0.25) is 0 Å². The van der Waals surface area contributed by atoms with E-state index in [9.17, 15) is 0 Å². The summed E-state index contributed by atoms with van der Waals surface area (Å²) in [5, 5.41) is 3.46. The summed E-state index contributed by atoms with van der Waals surface area (Å²) in [7, 11) is 1.84. The summed E-state index contributed by atoms with van der Waals surface area (Å²) in [5.41, 5.74) is 1.66. The molecule has 0 radical (unpaired) electrons. The van der Waals surface area contributed by atoms with Crippen molar-refractivity contribution >= 4 is 0 Å². The molecule has 2 aliphatic rings. The van der Waals surface area contributed by atoms with Crippen molar-refractivity contribution in [3.05, 3.63) is 18.2 Å².